The summed E-state index contributed by atoms with van der Waals surface area (Å²) in [7, 11) is 3.14. The van der Waals surface area contributed by atoms with Gasteiger partial charge in [0.05, 0.1) is 39.5 Å². The summed E-state index contributed by atoms with van der Waals surface area (Å²) < 4.78 is 51.9. The van der Waals surface area contributed by atoms with E-state index in [4.69, 9.17) is 42.6 Å². The lowest BCUT2D eigenvalue weighted by molar-refractivity contribution is -0.364. The van der Waals surface area contributed by atoms with Crippen molar-refractivity contribution < 1.29 is 57.6 Å². The summed E-state index contributed by atoms with van der Waals surface area (Å²) in [6.45, 7) is 2.05. The normalized spacial score (nSPS) is 37.0. The molecule has 41 heavy (non-hydrogen) atoms. The topological polar surface area (TPSA) is 141 Å². The number of aliphatic hydroxyl groups is 2. The lowest BCUT2D eigenvalue weighted by Crippen LogP contribution is -2.63. The molecule has 0 spiro atoms. The van der Waals surface area contributed by atoms with E-state index in [1.165, 1.54) is 0 Å². The van der Waals surface area contributed by atoms with Gasteiger partial charge in [0.25, 0.3) is 0 Å². The maximum absolute atomic E-state index is 13.4. The van der Waals surface area contributed by atoms with Crippen molar-refractivity contribution in [1.82, 2.24) is 0 Å². The molecule has 2 aromatic carbocycles. The van der Waals surface area contributed by atoms with Crippen LogP contribution in [-0.4, -0.2) is 87.4 Å². The number of fused-ring (bicyclic) bond motifs is 4. The van der Waals surface area contributed by atoms with Crippen molar-refractivity contribution in [2.24, 2.45) is 11.8 Å². The molecule has 6 unspecified atom stereocenters. The number of methoxy groups -OCH3 is 2. The summed E-state index contributed by atoms with van der Waals surface area (Å²) in [5.74, 6) is 0.353. The van der Waals surface area contributed by atoms with Gasteiger partial charge in [0, 0.05) is 17.9 Å². The maximum Gasteiger partial charge on any atom is 0.310 e. The molecular formula is C29H32O12. The number of hydrogen-bond acceptors (Lipinski definition) is 12. The highest BCUT2D eigenvalue weighted by atomic mass is 16.8. The summed E-state index contributed by atoms with van der Waals surface area (Å²) in [5, 5.41) is 21.9. The van der Waals surface area contributed by atoms with Gasteiger partial charge in [-0.15, -0.1) is 0 Å². The van der Waals surface area contributed by atoms with E-state index < -0.39 is 60.9 Å². The molecule has 12 heteroatoms. The molecule has 2 N–H and O–H groups in total. The monoisotopic (exact) mass is 572 g/mol. The van der Waals surface area contributed by atoms with E-state index in [1.807, 2.05) is 24.3 Å². The molecule has 0 amide bonds. The highest BCUT2D eigenvalue weighted by Crippen LogP contribution is 2.56. The van der Waals surface area contributed by atoms with Crippen LogP contribution in [0.1, 0.15) is 35.6 Å². The van der Waals surface area contributed by atoms with E-state index in [1.54, 1.807) is 27.2 Å². The van der Waals surface area contributed by atoms with Crippen molar-refractivity contribution in [3.8, 4) is 23.0 Å². The average molecular weight is 573 g/mol. The lowest BCUT2D eigenvalue weighted by atomic mass is 9.66. The smallest absolute Gasteiger partial charge is 0.310 e. The van der Waals surface area contributed by atoms with Gasteiger partial charge in [-0.2, -0.15) is 0 Å². The molecule has 1 aliphatic carbocycles. The summed E-state index contributed by atoms with van der Waals surface area (Å²) in [6.07, 6.45) is -6.59. The number of rotatable bonds is 5. The first-order valence-electron chi connectivity index (χ1n) is 13.6. The molecule has 3 saturated heterocycles. The number of aliphatic hydroxyl groups excluding tert-OH is 2. The first-order chi connectivity index (χ1) is 19.9. The maximum atomic E-state index is 13.4. The van der Waals surface area contributed by atoms with Crippen LogP contribution in [0.4, 0.5) is 0 Å². The summed E-state index contributed by atoms with van der Waals surface area (Å²) in [6, 6.07) is 9.22. The quantitative estimate of drug-likeness (QED) is 0.503. The molecule has 0 saturated carbocycles. The lowest BCUT2D eigenvalue weighted by Gasteiger charge is -2.47. The molecule has 10 atom stereocenters. The van der Waals surface area contributed by atoms with Gasteiger partial charge in [0.2, 0.25) is 6.79 Å². The predicted octanol–water partition coefficient (Wildman–Crippen LogP) is 1.63. The molecule has 0 radical (unpaired) electrons. The summed E-state index contributed by atoms with van der Waals surface area (Å²) >= 11 is 0. The second-order valence-electron chi connectivity index (χ2n) is 10.9. The molecule has 4 aliphatic heterocycles. The summed E-state index contributed by atoms with van der Waals surface area (Å²) in [5.41, 5.74) is 2.31. The van der Waals surface area contributed by atoms with Gasteiger partial charge < -0.3 is 52.8 Å². The van der Waals surface area contributed by atoms with E-state index >= 15 is 0 Å². The largest absolute Gasteiger partial charge is 0.497 e. The van der Waals surface area contributed by atoms with Crippen LogP contribution in [0, 0.1) is 11.8 Å². The zero-order valence-electron chi connectivity index (χ0n) is 22.8. The molecule has 2 aromatic rings. The van der Waals surface area contributed by atoms with Gasteiger partial charge in [-0.1, -0.05) is 0 Å². The second kappa shape index (κ2) is 10.3. The Bertz CT molecular complexity index is 1310. The highest BCUT2D eigenvalue weighted by Gasteiger charge is 2.56. The Morgan fingerprint density at radius 2 is 1.56 bits per heavy atom. The number of ether oxygens (including phenoxy) is 9. The predicted molar refractivity (Wildman–Crippen MR) is 137 cm³/mol. The first-order valence-corrected chi connectivity index (χ1v) is 13.6. The Kier molecular flexibility index (Phi) is 6.72. The Morgan fingerprint density at radius 3 is 2.27 bits per heavy atom. The van der Waals surface area contributed by atoms with Crippen LogP contribution in [0.25, 0.3) is 0 Å². The zero-order valence-corrected chi connectivity index (χ0v) is 22.8. The number of carbonyl (C=O) groups excluding carboxylic acids is 1. The van der Waals surface area contributed by atoms with Gasteiger partial charge in [-0.3, -0.25) is 4.79 Å². The van der Waals surface area contributed by atoms with Crippen molar-refractivity contribution in [2.45, 2.75) is 55.9 Å². The molecule has 0 bridgehead atoms. The van der Waals surface area contributed by atoms with E-state index in [0.717, 1.165) is 16.7 Å². The molecule has 7 rings (SSSR count). The van der Waals surface area contributed by atoms with Crippen molar-refractivity contribution in [2.75, 3.05) is 34.2 Å². The van der Waals surface area contributed by atoms with Gasteiger partial charge in [0.1, 0.15) is 35.9 Å². The van der Waals surface area contributed by atoms with E-state index in [-0.39, 0.29) is 26.0 Å². The third-order valence-electron chi connectivity index (χ3n) is 8.62. The van der Waals surface area contributed by atoms with E-state index in [9.17, 15) is 15.0 Å². The molecular weight excluding hydrogens is 540 g/mol. The van der Waals surface area contributed by atoms with Crippen LogP contribution in [-0.2, 0) is 28.5 Å². The van der Waals surface area contributed by atoms with Crippen LogP contribution < -0.4 is 18.9 Å². The van der Waals surface area contributed by atoms with Crippen molar-refractivity contribution in [1.29, 1.82) is 0 Å². The fourth-order valence-corrected chi connectivity index (χ4v) is 6.65. The minimum Gasteiger partial charge on any atom is -0.497 e. The van der Waals surface area contributed by atoms with E-state index in [2.05, 4.69) is 0 Å². The van der Waals surface area contributed by atoms with Crippen molar-refractivity contribution >= 4 is 5.97 Å². The minimum atomic E-state index is -1.41. The zero-order chi connectivity index (χ0) is 28.4. The fraction of sp³-hybridized carbons (Fsp3) is 0.552. The molecule has 4 heterocycles. The first kappa shape index (κ1) is 26.7. The Labute approximate surface area is 235 Å². The van der Waals surface area contributed by atoms with Gasteiger partial charge >= 0.3 is 5.97 Å². The molecule has 5 aliphatic rings. The van der Waals surface area contributed by atoms with Crippen molar-refractivity contribution in [3.05, 3.63) is 47.0 Å². The third kappa shape index (κ3) is 4.41. The van der Waals surface area contributed by atoms with Crippen LogP contribution >= 0.6 is 0 Å². The number of esters is 1. The van der Waals surface area contributed by atoms with Gasteiger partial charge in [0.15, 0.2) is 24.1 Å². The van der Waals surface area contributed by atoms with Gasteiger partial charge in [-0.05, 0) is 47.9 Å². The van der Waals surface area contributed by atoms with Crippen LogP contribution in [0.5, 0.6) is 23.0 Å². The third-order valence-corrected chi connectivity index (χ3v) is 8.62. The SMILES string of the molecule is COc1cc(OC)cc([C@@H]2c3cc4c(cc3[C@@H](OC3OC5COC(C)OC5C(O)C3O)[C@H]3COC(=O)[C@H]23)OCO4)c1. The Morgan fingerprint density at radius 1 is 0.854 bits per heavy atom. The van der Waals surface area contributed by atoms with Gasteiger partial charge in [-0.25, -0.2) is 0 Å². The number of cyclic esters (lactones) is 1. The molecule has 12 nitrogen and oxygen atoms in total. The molecule has 3 fully saturated rings. The molecule has 220 valence electrons. The number of benzene rings is 2. The second-order valence-corrected chi connectivity index (χ2v) is 10.9. The Balaban J connectivity index is 1.31. The van der Waals surface area contributed by atoms with Crippen LogP contribution in [0.15, 0.2) is 30.3 Å². The average Bonchev–Trinajstić information content (AvgIpc) is 3.60. The Hall–Kier alpha value is -3.13. The highest BCUT2D eigenvalue weighted by molar-refractivity contribution is 5.78. The fourth-order valence-electron chi connectivity index (χ4n) is 6.65. The minimum absolute atomic E-state index is 0.0639. The van der Waals surface area contributed by atoms with E-state index in [0.29, 0.717) is 23.0 Å². The standard InChI is InChI=1S/C29H32O12/c1-12-35-10-21-27(39-12)24(30)25(31)29(40-21)41-26-17-8-20-19(37-11-38-20)7-16(17)22(23-18(26)9-36-28(23)32)13-4-14(33-2)6-15(5-13)34-3/h4-8,12,18,21-27,29-31H,9-11H2,1-3H3/t12?,18-,21?,22+,23-,24?,25?,26+,27?,29?/m0/s1. The number of carbonyl (C=O) groups is 1. The van der Waals surface area contributed by atoms with Crippen molar-refractivity contribution in [3.63, 3.8) is 0 Å². The van der Waals surface area contributed by atoms with Crippen LogP contribution in [0.3, 0.4) is 0 Å². The molecule has 0 aromatic heterocycles. The van der Waals surface area contributed by atoms with Crippen LogP contribution in [0.2, 0.25) is 0 Å². The summed E-state index contributed by atoms with van der Waals surface area (Å²) in [4.78, 5) is 13.4. The number of hydrogen-bond donors (Lipinski definition) is 2.